The molecule has 2 N–H and O–H groups in total. The van der Waals surface area contributed by atoms with Crippen molar-refractivity contribution in [3.63, 3.8) is 0 Å². The minimum atomic E-state index is -0.455. The van der Waals surface area contributed by atoms with E-state index in [9.17, 15) is 4.79 Å². The fraction of sp³-hybridized carbons (Fsp3) is 0.308. The topological polar surface area (TPSA) is 48.0 Å². The molecule has 1 unspecified atom stereocenters. The average molecular weight is 216 g/mol. The Labute approximate surface area is 94.9 Å². The van der Waals surface area contributed by atoms with Crippen LogP contribution in [0.5, 0.6) is 0 Å². The smallest absolute Gasteiger partial charge is 0.195 e. The van der Waals surface area contributed by atoms with Gasteiger partial charge < -0.3 is 10.3 Å². The number of ketones is 1. The van der Waals surface area contributed by atoms with E-state index < -0.39 is 6.04 Å². The minimum Gasteiger partial charge on any atom is -0.341 e. The first-order valence-electron chi connectivity index (χ1n) is 5.37. The zero-order chi connectivity index (χ0) is 11.9. The van der Waals surface area contributed by atoms with Gasteiger partial charge in [0.05, 0.1) is 11.7 Å². The number of hydrogen-bond acceptors (Lipinski definition) is 2. The van der Waals surface area contributed by atoms with Gasteiger partial charge >= 0.3 is 0 Å². The van der Waals surface area contributed by atoms with Crippen molar-refractivity contribution < 1.29 is 4.79 Å². The van der Waals surface area contributed by atoms with E-state index in [2.05, 4.69) is 0 Å². The van der Waals surface area contributed by atoms with Crippen LogP contribution in [0.15, 0.2) is 24.3 Å². The van der Waals surface area contributed by atoms with E-state index in [4.69, 9.17) is 5.73 Å². The highest BCUT2D eigenvalue weighted by Crippen LogP contribution is 2.22. The van der Waals surface area contributed by atoms with Crippen LogP contribution in [0.3, 0.4) is 0 Å². The number of Topliss-reactive ketones (excluding diaryl/α,β-unsaturated/α-hetero) is 1. The zero-order valence-electron chi connectivity index (χ0n) is 9.82. The maximum absolute atomic E-state index is 11.9. The lowest BCUT2D eigenvalue weighted by Crippen LogP contribution is -2.28. The molecule has 0 amide bonds. The summed E-state index contributed by atoms with van der Waals surface area (Å²) < 4.78 is 1.91. The first-order chi connectivity index (χ1) is 7.52. The Morgan fingerprint density at radius 2 is 2.12 bits per heavy atom. The van der Waals surface area contributed by atoms with E-state index in [0.29, 0.717) is 5.69 Å². The molecule has 3 nitrogen and oxygen atoms in total. The van der Waals surface area contributed by atoms with Crippen LogP contribution < -0.4 is 5.73 Å². The van der Waals surface area contributed by atoms with Crippen molar-refractivity contribution >= 4 is 16.7 Å². The molecule has 3 heteroatoms. The molecule has 84 valence electrons. The highest BCUT2D eigenvalue weighted by molar-refractivity contribution is 6.03. The largest absolute Gasteiger partial charge is 0.341 e. The highest BCUT2D eigenvalue weighted by Gasteiger charge is 2.16. The van der Waals surface area contributed by atoms with Crippen LogP contribution in [0, 0.1) is 6.92 Å². The molecule has 0 aliphatic heterocycles. The molecule has 0 bridgehead atoms. The SMILES string of the molecule is Cc1cccc2c1cc(C(=O)C(C)N)n2C. The lowest BCUT2D eigenvalue weighted by atomic mass is 10.1. The van der Waals surface area contributed by atoms with Crippen molar-refractivity contribution in [2.24, 2.45) is 12.8 Å². The lowest BCUT2D eigenvalue weighted by molar-refractivity contribution is 0.0960. The van der Waals surface area contributed by atoms with Crippen LogP contribution >= 0.6 is 0 Å². The van der Waals surface area contributed by atoms with Gasteiger partial charge in [0.2, 0.25) is 0 Å². The fourth-order valence-electron chi connectivity index (χ4n) is 1.98. The lowest BCUT2D eigenvalue weighted by Gasteiger charge is -2.05. The molecule has 0 saturated carbocycles. The second kappa shape index (κ2) is 3.76. The second-order valence-electron chi connectivity index (χ2n) is 4.25. The van der Waals surface area contributed by atoms with Crippen molar-refractivity contribution in [1.82, 2.24) is 4.57 Å². The molecule has 2 aromatic rings. The Morgan fingerprint density at radius 3 is 2.69 bits per heavy atom. The summed E-state index contributed by atoms with van der Waals surface area (Å²) in [5, 5.41) is 1.12. The monoisotopic (exact) mass is 216 g/mol. The fourth-order valence-corrected chi connectivity index (χ4v) is 1.98. The van der Waals surface area contributed by atoms with Crippen LogP contribution in [0.25, 0.3) is 10.9 Å². The summed E-state index contributed by atoms with van der Waals surface area (Å²) in [6.07, 6.45) is 0. The Kier molecular flexibility index (Phi) is 2.56. The molecule has 1 atom stereocenters. The van der Waals surface area contributed by atoms with Gasteiger partial charge in [0.25, 0.3) is 0 Å². The standard InChI is InChI=1S/C13H16N2O/c1-8-5-4-6-11-10(8)7-12(15(11)3)13(16)9(2)14/h4-7,9H,14H2,1-3H3. The number of nitrogens with zero attached hydrogens (tertiary/aromatic N) is 1. The maximum Gasteiger partial charge on any atom is 0.195 e. The molecule has 1 aromatic carbocycles. The quantitative estimate of drug-likeness (QED) is 0.781. The van der Waals surface area contributed by atoms with Gasteiger partial charge in [0.1, 0.15) is 0 Å². The highest BCUT2D eigenvalue weighted by atomic mass is 16.1. The molecule has 0 saturated heterocycles. The number of benzene rings is 1. The number of hydrogen-bond donors (Lipinski definition) is 1. The van der Waals surface area contributed by atoms with Crippen LogP contribution in [0.2, 0.25) is 0 Å². The summed E-state index contributed by atoms with van der Waals surface area (Å²) in [7, 11) is 1.90. The molecule has 1 heterocycles. The minimum absolute atomic E-state index is 0.0156. The predicted octanol–water partition coefficient (Wildman–Crippen LogP) is 2.02. The molecule has 1 aromatic heterocycles. The predicted molar refractivity (Wildman–Crippen MR) is 65.6 cm³/mol. The van der Waals surface area contributed by atoms with Crippen LogP contribution in [0.1, 0.15) is 23.0 Å². The van der Waals surface area contributed by atoms with Gasteiger partial charge in [0, 0.05) is 18.0 Å². The number of carbonyl (C=O) groups excluding carboxylic acids is 1. The molecule has 0 radical (unpaired) electrons. The third-order valence-corrected chi connectivity index (χ3v) is 2.97. The van der Waals surface area contributed by atoms with Gasteiger partial charge in [0.15, 0.2) is 5.78 Å². The van der Waals surface area contributed by atoms with Crippen molar-refractivity contribution in [3.8, 4) is 0 Å². The number of carbonyl (C=O) groups is 1. The van der Waals surface area contributed by atoms with Gasteiger partial charge in [-0.3, -0.25) is 4.79 Å². The molecule has 0 spiro atoms. The number of nitrogens with two attached hydrogens (primary N) is 1. The molecule has 0 aliphatic rings. The second-order valence-corrected chi connectivity index (χ2v) is 4.25. The van der Waals surface area contributed by atoms with E-state index in [-0.39, 0.29) is 5.78 Å². The first-order valence-corrected chi connectivity index (χ1v) is 5.37. The number of aryl methyl sites for hydroxylation is 2. The Bertz CT molecular complexity index is 552. The van der Waals surface area contributed by atoms with Gasteiger partial charge in [-0.15, -0.1) is 0 Å². The molecule has 0 fully saturated rings. The Balaban J connectivity index is 2.69. The van der Waals surface area contributed by atoms with Gasteiger partial charge in [-0.25, -0.2) is 0 Å². The summed E-state index contributed by atoms with van der Waals surface area (Å²) in [4.78, 5) is 11.9. The molecule has 0 aliphatic carbocycles. The Hall–Kier alpha value is -1.61. The van der Waals surface area contributed by atoms with Crippen molar-refractivity contribution in [3.05, 3.63) is 35.5 Å². The van der Waals surface area contributed by atoms with E-state index >= 15 is 0 Å². The van der Waals surface area contributed by atoms with Gasteiger partial charge in [-0.1, -0.05) is 12.1 Å². The van der Waals surface area contributed by atoms with E-state index in [0.717, 1.165) is 10.9 Å². The van der Waals surface area contributed by atoms with Gasteiger partial charge in [-0.05, 0) is 31.5 Å². The average Bonchev–Trinajstić information content (AvgIpc) is 2.57. The summed E-state index contributed by atoms with van der Waals surface area (Å²) in [5.41, 5.74) is 8.56. The third kappa shape index (κ3) is 1.53. The third-order valence-electron chi connectivity index (χ3n) is 2.97. The summed E-state index contributed by atoms with van der Waals surface area (Å²) in [6.45, 7) is 3.76. The van der Waals surface area contributed by atoms with E-state index in [1.165, 1.54) is 5.56 Å². The van der Waals surface area contributed by atoms with Crippen LogP contribution in [-0.4, -0.2) is 16.4 Å². The number of aromatic nitrogens is 1. The van der Waals surface area contributed by atoms with Crippen molar-refractivity contribution in [2.75, 3.05) is 0 Å². The van der Waals surface area contributed by atoms with Gasteiger partial charge in [-0.2, -0.15) is 0 Å². The number of fused-ring (bicyclic) bond motifs is 1. The van der Waals surface area contributed by atoms with E-state index in [1.54, 1.807) is 6.92 Å². The maximum atomic E-state index is 11.9. The van der Waals surface area contributed by atoms with Crippen molar-refractivity contribution in [2.45, 2.75) is 19.9 Å². The van der Waals surface area contributed by atoms with Crippen LogP contribution in [0.4, 0.5) is 0 Å². The summed E-state index contributed by atoms with van der Waals surface area (Å²) in [5.74, 6) is -0.0156. The number of rotatable bonds is 2. The van der Waals surface area contributed by atoms with Crippen LogP contribution in [-0.2, 0) is 7.05 Å². The first kappa shape index (κ1) is 10.9. The zero-order valence-corrected chi connectivity index (χ0v) is 9.82. The molecular formula is C13H16N2O. The molecule has 16 heavy (non-hydrogen) atoms. The molecule has 2 rings (SSSR count). The normalized spacial score (nSPS) is 13.0. The summed E-state index contributed by atoms with van der Waals surface area (Å²) in [6, 6.07) is 7.53. The Morgan fingerprint density at radius 1 is 1.44 bits per heavy atom. The molecular weight excluding hydrogens is 200 g/mol. The van der Waals surface area contributed by atoms with E-state index in [1.807, 2.05) is 42.8 Å². The van der Waals surface area contributed by atoms with Crippen molar-refractivity contribution in [1.29, 1.82) is 0 Å². The summed E-state index contributed by atoms with van der Waals surface area (Å²) >= 11 is 0.